The number of nitrogens with zero attached hydrogens (tertiary/aromatic N) is 1. The first-order valence-electron chi connectivity index (χ1n) is 8.73. The van der Waals surface area contributed by atoms with Gasteiger partial charge in [0, 0.05) is 17.0 Å². The fraction of sp³-hybridized carbons (Fsp3) is 0.0952. The van der Waals surface area contributed by atoms with Crippen LogP contribution in [0.3, 0.4) is 0 Å². The third-order valence-electron chi connectivity index (χ3n) is 4.43. The fourth-order valence-electron chi connectivity index (χ4n) is 2.97. The second kappa shape index (κ2) is 7.66. The molecule has 28 heavy (non-hydrogen) atoms. The molecule has 0 aliphatic heterocycles. The molecule has 0 saturated carbocycles. The number of hydrogen-bond donors (Lipinski definition) is 2. The number of H-pyrrole nitrogens is 1. The lowest BCUT2D eigenvalue weighted by atomic mass is 10.1. The molecule has 0 spiro atoms. The highest BCUT2D eigenvalue weighted by Crippen LogP contribution is 2.12. The zero-order valence-electron chi connectivity index (χ0n) is 14.8. The van der Waals surface area contributed by atoms with Crippen molar-refractivity contribution in [2.24, 2.45) is 0 Å². The van der Waals surface area contributed by atoms with Gasteiger partial charge in [-0.2, -0.15) is 0 Å². The van der Waals surface area contributed by atoms with Gasteiger partial charge in [0.25, 0.3) is 11.5 Å². The molecular weight excluding hydrogens is 374 g/mol. The number of hydrogen-bond acceptors (Lipinski definition) is 4. The SMILES string of the molecule is O=C(NCc1ccccc1)c1ccc2[nH]c(=O)n(Cc3cccs3)c(=O)c2c1. The van der Waals surface area contributed by atoms with Crippen molar-refractivity contribution in [1.82, 2.24) is 14.9 Å². The van der Waals surface area contributed by atoms with Gasteiger partial charge in [-0.3, -0.25) is 14.2 Å². The van der Waals surface area contributed by atoms with Crippen LogP contribution in [-0.4, -0.2) is 15.5 Å². The van der Waals surface area contributed by atoms with E-state index in [9.17, 15) is 14.4 Å². The molecule has 2 aromatic carbocycles. The fourth-order valence-corrected chi connectivity index (χ4v) is 3.67. The van der Waals surface area contributed by atoms with Gasteiger partial charge in [-0.1, -0.05) is 36.4 Å². The predicted molar refractivity (Wildman–Crippen MR) is 110 cm³/mol. The van der Waals surface area contributed by atoms with Crippen LogP contribution in [-0.2, 0) is 13.1 Å². The topological polar surface area (TPSA) is 84.0 Å². The molecule has 7 heteroatoms. The Morgan fingerprint density at radius 2 is 1.86 bits per heavy atom. The van der Waals surface area contributed by atoms with E-state index in [1.54, 1.807) is 12.1 Å². The van der Waals surface area contributed by atoms with Crippen molar-refractivity contribution < 1.29 is 4.79 Å². The normalized spacial score (nSPS) is 10.9. The van der Waals surface area contributed by atoms with E-state index >= 15 is 0 Å². The lowest BCUT2D eigenvalue weighted by molar-refractivity contribution is 0.0951. The molecule has 0 saturated heterocycles. The Morgan fingerprint density at radius 1 is 1.04 bits per heavy atom. The number of rotatable bonds is 5. The Balaban J connectivity index is 1.65. The largest absolute Gasteiger partial charge is 0.348 e. The van der Waals surface area contributed by atoms with E-state index in [2.05, 4.69) is 10.3 Å². The van der Waals surface area contributed by atoms with Gasteiger partial charge >= 0.3 is 5.69 Å². The van der Waals surface area contributed by atoms with Gasteiger partial charge in [-0.15, -0.1) is 11.3 Å². The average molecular weight is 391 g/mol. The summed E-state index contributed by atoms with van der Waals surface area (Å²) in [6, 6.07) is 18.0. The van der Waals surface area contributed by atoms with Gasteiger partial charge in [-0.25, -0.2) is 4.79 Å². The predicted octanol–water partition coefficient (Wildman–Crippen LogP) is 2.73. The van der Waals surface area contributed by atoms with Crippen molar-refractivity contribution in [1.29, 1.82) is 0 Å². The summed E-state index contributed by atoms with van der Waals surface area (Å²) in [6.07, 6.45) is 0. The number of benzene rings is 2. The van der Waals surface area contributed by atoms with E-state index in [0.29, 0.717) is 23.0 Å². The molecule has 0 unspecified atom stereocenters. The highest BCUT2D eigenvalue weighted by molar-refractivity contribution is 7.09. The first-order chi connectivity index (χ1) is 13.6. The molecule has 4 aromatic rings. The van der Waals surface area contributed by atoms with Crippen LogP contribution in [0, 0.1) is 0 Å². The van der Waals surface area contributed by atoms with Crippen molar-refractivity contribution in [3.63, 3.8) is 0 Å². The summed E-state index contributed by atoms with van der Waals surface area (Å²) in [4.78, 5) is 41.2. The molecule has 2 aromatic heterocycles. The Kier molecular flexibility index (Phi) is 4.90. The molecule has 0 aliphatic rings. The molecule has 0 bridgehead atoms. The zero-order valence-corrected chi connectivity index (χ0v) is 15.7. The van der Waals surface area contributed by atoms with Crippen molar-refractivity contribution in [3.05, 3.63) is 103 Å². The summed E-state index contributed by atoms with van der Waals surface area (Å²) in [5.41, 5.74) is 0.892. The van der Waals surface area contributed by atoms with Crippen LogP contribution in [0.5, 0.6) is 0 Å². The van der Waals surface area contributed by atoms with E-state index in [0.717, 1.165) is 15.0 Å². The van der Waals surface area contributed by atoms with Gasteiger partial charge in [0.1, 0.15) is 0 Å². The minimum Gasteiger partial charge on any atom is -0.348 e. The van der Waals surface area contributed by atoms with Crippen LogP contribution in [0.2, 0.25) is 0 Å². The lowest BCUT2D eigenvalue weighted by Crippen LogP contribution is -2.35. The maximum Gasteiger partial charge on any atom is 0.329 e. The maximum absolute atomic E-state index is 12.8. The third-order valence-corrected chi connectivity index (χ3v) is 5.30. The molecule has 6 nitrogen and oxygen atoms in total. The Bertz CT molecular complexity index is 1240. The van der Waals surface area contributed by atoms with Crippen LogP contribution >= 0.6 is 11.3 Å². The van der Waals surface area contributed by atoms with Crippen LogP contribution in [0.25, 0.3) is 10.9 Å². The number of nitrogens with one attached hydrogen (secondary N) is 2. The number of carbonyl (C=O) groups is 1. The summed E-state index contributed by atoms with van der Waals surface area (Å²) >= 11 is 1.48. The number of aromatic nitrogens is 2. The van der Waals surface area contributed by atoms with E-state index in [1.807, 2.05) is 47.8 Å². The van der Waals surface area contributed by atoms with Crippen LogP contribution in [0.4, 0.5) is 0 Å². The van der Waals surface area contributed by atoms with Crippen LogP contribution < -0.4 is 16.6 Å². The molecule has 0 atom stereocenters. The monoisotopic (exact) mass is 391 g/mol. The summed E-state index contributed by atoms with van der Waals surface area (Å²) in [5.74, 6) is -0.277. The van der Waals surface area contributed by atoms with Gasteiger partial charge in [0.05, 0.1) is 17.4 Å². The molecule has 140 valence electrons. The first kappa shape index (κ1) is 17.9. The van der Waals surface area contributed by atoms with Crippen molar-refractivity contribution in [2.75, 3.05) is 0 Å². The second-order valence-electron chi connectivity index (χ2n) is 6.33. The summed E-state index contributed by atoms with van der Waals surface area (Å²) in [5, 5.41) is 5.05. The molecule has 0 aliphatic carbocycles. The maximum atomic E-state index is 12.8. The minimum atomic E-state index is -0.466. The Morgan fingerprint density at radius 3 is 2.61 bits per heavy atom. The number of carbonyl (C=O) groups excluding carboxylic acids is 1. The second-order valence-corrected chi connectivity index (χ2v) is 7.36. The standard InChI is InChI=1S/C21H17N3O3S/c25-19(22-12-14-5-2-1-3-6-14)15-8-9-18-17(11-15)20(26)24(21(27)23-18)13-16-7-4-10-28-16/h1-11H,12-13H2,(H,22,25)(H,23,27). The van der Waals surface area contributed by atoms with Crippen LogP contribution in [0.1, 0.15) is 20.8 Å². The minimum absolute atomic E-state index is 0.201. The van der Waals surface area contributed by atoms with E-state index in [4.69, 9.17) is 0 Å². The summed E-state index contributed by atoms with van der Waals surface area (Å²) in [7, 11) is 0. The van der Waals surface area contributed by atoms with Gasteiger partial charge in [0.2, 0.25) is 0 Å². The summed E-state index contributed by atoms with van der Waals surface area (Å²) in [6.45, 7) is 0.595. The first-order valence-corrected chi connectivity index (χ1v) is 9.61. The smallest absolute Gasteiger partial charge is 0.329 e. The van der Waals surface area contributed by atoms with Gasteiger partial charge in [-0.05, 0) is 35.2 Å². The molecule has 1 amide bonds. The lowest BCUT2D eigenvalue weighted by Gasteiger charge is -2.08. The average Bonchev–Trinajstić information content (AvgIpc) is 3.23. The molecule has 2 N–H and O–H groups in total. The van der Waals surface area contributed by atoms with E-state index in [-0.39, 0.29) is 12.5 Å². The molecule has 4 rings (SSSR count). The molecular formula is C21H17N3O3S. The van der Waals surface area contributed by atoms with Gasteiger partial charge in [0.15, 0.2) is 0 Å². The number of amides is 1. The highest BCUT2D eigenvalue weighted by atomic mass is 32.1. The number of aromatic amines is 1. The van der Waals surface area contributed by atoms with Crippen molar-refractivity contribution in [3.8, 4) is 0 Å². The Labute approximate surface area is 164 Å². The van der Waals surface area contributed by atoms with E-state index < -0.39 is 11.2 Å². The molecule has 0 radical (unpaired) electrons. The van der Waals surface area contributed by atoms with E-state index in [1.165, 1.54) is 17.4 Å². The van der Waals surface area contributed by atoms with Crippen molar-refractivity contribution >= 4 is 28.1 Å². The van der Waals surface area contributed by atoms with Crippen molar-refractivity contribution in [2.45, 2.75) is 13.1 Å². The van der Waals surface area contributed by atoms with Gasteiger partial charge < -0.3 is 10.3 Å². The molecule has 2 heterocycles. The number of thiophene rings is 1. The zero-order chi connectivity index (χ0) is 19.5. The highest BCUT2D eigenvalue weighted by Gasteiger charge is 2.12. The Hall–Kier alpha value is -3.45. The third kappa shape index (κ3) is 3.65. The quantitative estimate of drug-likeness (QED) is 0.549. The summed E-state index contributed by atoms with van der Waals surface area (Å²) < 4.78 is 1.15. The molecule has 0 fully saturated rings. The number of fused-ring (bicyclic) bond motifs is 1. The van der Waals surface area contributed by atoms with Crippen LogP contribution in [0.15, 0.2) is 75.6 Å².